The molecule has 0 atom stereocenters. The Hall–Kier alpha value is -3.75. The van der Waals surface area contributed by atoms with Gasteiger partial charge in [-0.1, -0.05) is 18.2 Å². The zero-order chi connectivity index (χ0) is 21.0. The Labute approximate surface area is 163 Å². The smallest absolute Gasteiger partial charge is 0.418 e. The van der Waals surface area contributed by atoms with Gasteiger partial charge in [0.1, 0.15) is 0 Å². The Balaban J connectivity index is 1.73. The lowest BCUT2D eigenvalue weighted by Gasteiger charge is -2.15. The van der Waals surface area contributed by atoms with Crippen LogP contribution in [0, 0.1) is 6.92 Å². The number of hydrazine groups is 1. The number of alkyl halides is 3. The highest BCUT2D eigenvalue weighted by molar-refractivity contribution is 6.04. The number of benzene rings is 2. The molecule has 2 amide bonds. The zero-order valence-electron chi connectivity index (χ0n) is 15.1. The Kier molecular flexibility index (Phi) is 5.58. The summed E-state index contributed by atoms with van der Waals surface area (Å²) in [4.78, 5) is 24.5. The molecule has 0 saturated carbocycles. The fourth-order valence-corrected chi connectivity index (χ4v) is 2.53. The van der Waals surface area contributed by atoms with Crippen molar-refractivity contribution >= 4 is 23.2 Å². The predicted octanol–water partition coefficient (Wildman–Crippen LogP) is 4.62. The molecular formula is C20H16F3N3O3. The summed E-state index contributed by atoms with van der Waals surface area (Å²) in [7, 11) is 0. The van der Waals surface area contributed by atoms with Crippen LogP contribution in [0.3, 0.4) is 0 Å². The number of amides is 2. The average Bonchev–Trinajstić information content (AvgIpc) is 3.22. The minimum absolute atomic E-state index is 0.102. The fourth-order valence-electron chi connectivity index (χ4n) is 2.53. The molecule has 0 radical (unpaired) electrons. The van der Waals surface area contributed by atoms with Gasteiger partial charge in [-0.15, -0.1) is 0 Å². The van der Waals surface area contributed by atoms with Gasteiger partial charge < -0.3 is 9.73 Å². The molecule has 0 spiro atoms. The number of para-hydroxylation sites is 1. The quantitative estimate of drug-likeness (QED) is 0.543. The van der Waals surface area contributed by atoms with E-state index in [4.69, 9.17) is 4.42 Å². The first kappa shape index (κ1) is 20.0. The van der Waals surface area contributed by atoms with E-state index in [-0.39, 0.29) is 17.0 Å². The van der Waals surface area contributed by atoms with Gasteiger partial charge in [-0.05, 0) is 48.9 Å². The van der Waals surface area contributed by atoms with E-state index >= 15 is 0 Å². The maximum Gasteiger partial charge on any atom is 0.418 e. The third-order valence-corrected chi connectivity index (χ3v) is 4.04. The van der Waals surface area contributed by atoms with Crippen molar-refractivity contribution in [1.82, 2.24) is 5.43 Å². The Morgan fingerprint density at radius 1 is 0.931 bits per heavy atom. The standard InChI is InChI=1S/C20H16F3N3O3/c1-12-8-9-13(11-16(12)24-19(28)17-7-4-10-29-17)18(27)26-25-15-6-3-2-5-14(15)20(21,22)23/h2-11,25H,1H3,(H,24,28)(H,26,27). The third-order valence-electron chi connectivity index (χ3n) is 4.04. The van der Waals surface area contributed by atoms with Crippen LogP contribution in [0.15, 0.2) is 65.3 Å². The Morgan fingerprint density at radius 3 is 2.38 bits per heavy atom. The molecule has 1 aromatic heterocycles. The lowest BCUT2D eigenvalue weighted by atomic mass is 10.1. The summed E-state index contributed by atoms with van der Waals surface area (Å²) in [6, 6.07) is 12.3. The lowest BCUT2D eigenvalue weighted by molar-refractivity contribution is -0.137. The summed E-state index contributed by atoms with van der Waals surface area (Å²) in [6.07, 6.45) is -3.21. The molecule has 0 bridgehead atoms. The number of nitrogens with one attached hydrogen (secondary N) is 3. The first-order valence-corrected chi connectivity index (χ1v) is 8.44. The summed E-state index contributed by atoms with van der Waals surface area (Å²) >= 11 is 0. The molecule has 9 heteroatoms. The van der Waals surface area contributed by atoms with Crippen molar-refractivity contribution < 1.29 is 27.2 Å². The van der Waals surface area contributed by atoms with Gasteiger partial charge in [0.25, 0.3) is 11.8 Å². The molecule has 0 unspecified atom stereocenters. The lowest BCUT2D eigenvalue weighted by Crippen LogP contribution is -2.30. The van der Waals surface area contributed by atoms with Crippen molar-refractivity contribution in [2.24, 2.45) is 0 Å². The van der Waals surface area contributed by atoms with Crippen molar-refractivity contribution in [1.29, 1.82) is 0 Å². The number of hydrogen-bond donors (Lipinski definition) is 3. The van der Waals surface area contributed by atoms with Crippen molar-refractivity contribution in [3.63, 3.8) is 0 Å². The average molecular weight is 403 g/mol. The molecule has 2 aromatic carbocycles. The second-order valence-corrected chi connectivity index (χ2v) is 6.08. The molecule has 150 valence electrons. The minimum Gasteiger partial charge on any atom is -0.459 e. The normalized spacial score (nSPS) is 11.0. The maximum atomic E-state index is 13.0. The molecule has 1 heterocycles. The van der Waals surface area contributed by atoms with Gasteiger partial charge in [-0.25, -0.2) is 0 Å². The van der Waals surface area contributed by atoms with Crippen LogP contribution in [-0.2, 0) is 6.18 Å². The molecule has 3 aromatic rings. The van der Waals surface area contributed by atoms with Crippen LogP contribution in [-0.4, -0.2) is 11.8 Å². The molecule has 3 N–H and O–H groups in total. The van der Waals surface area contributed by atoms with E-state index in [2.05, 4.69) is 16.2 Å². The van der Waals surface area contributed by atoms with E-state index in [1.165, 1.54) is 42.7 Å². The van der Waals surface area contributed by atoms with E-state index in [0.29, 0.717) is 11.3 Å². The molecule has 3 rings (SSSR count). The molecule has 0 aliphatic heterocycles. The van der Waals surface area contributed by atoms with Gasteiger partial charge in [-0.2, -0.15) is 13.2 Å². The minimum atomic E-state index is -4.57. The maximum absolute atomic E-state index is 13.0. The summed E-state index contributed by atoms with van der Waals surface area (Å²) in [5, 5.41) is 2.63. The molecule has 6 nitrogen and oxygen atoms in total. The van der Waals surface area contributed by atoms with E-state index in [1.54, 1.807) is 19.1 Å². The number of furan rings is 1. The number of carbonyl (C=O) groups is 2. The second kappa shape index (κ2) is 8.09. The SMILES string of the molecule is Cc1ccc(C(=O)NNc2ccccc2C(F)(F)F)cc1NC(=O)c1ccco1. The van der Waals surface area contributed by atoms with Gasteiger partial charge in [-0.3, -0.25) is 20.4 Å². The van der Waals surface area contributed by atoms with Crippen LogP contribution in [0.25, 0.3) is 0 Å². The molecule has 0 aliphatic carbocycles. The van der Waals surface area contributed by atoms with Gasteiger partial charge in [0.05, 0.1) is 17.5 Å². The van der Waals surface area contributed by atoms with Crippen molar-refractivity contribution in [2.75, 3.05) is 10.7 Å². The second-order valence-electron chi connectivity index (χ2n) is 6.08. The van der Waals surface area contributed by atoms with E-state index in [9.17, 15) is 22.8 Å². The third kappa shape index (κ3) is 4.75. The Bertz CT molecular complexity index is 1030. The van der Waals surface area contributed by atoms with Crippen molar-refractivity contribution in [3.8, 4) is 0 Å². The van der Waals surface area contributed by atoms with Gasteiger partial charge in [0, 0.05) is 11.3 Å². The Morgan fingerprint density at radius 2 is 1.69 bits per heavy atom. The molecular weight excluding hydrogens is 387 g/mol. The first-order valence-electron chi connectivity index (χ1n) is 8.44. The van der Waals surface area contributed by atoms with Gasteiger partial charge in [0.15, 0.2) is 5.76 Å². The summed E-state index contributed by atoms with van der Waals surface area (Å²) in [5.74, 6) is -1.06. The highest BCUT2D eigenvalue weighted by atomic mass is 19.4. The van der Waals surface area contributed by atoms with Crippen LogP contribution in [0.5, 0.6) is 0 Å². The number of hydrogen-bond acceptors (Lipinski definition) is 4. The fraction of sp³-hybridized carbons (Fsp3) is 0.100. The van der Waals surface area contributed by atoms with E-state index < -0.39 is 23.6 Å². The van der Waals surface area contributed by atoms with Crippen molar-refractivity contribution in [2.45, 2.75) is 13.1 Å². The zero-order valence-corrected chi connectivity index (χ0v) is 15.1. The van der Waals surface area contributed by atoms with Crippen LogP contribution < -0.4 is 16.2 Å². The number of halogens is 3. The highest BCUT2D eigenvalue weighted by Crippen LogP contribution is 2.34. The highest BCUT2D eigenvalue weighted by Gasteiger charge is 2.33. The van der Waals surface area contributed by atoms with Gasteiger partial charge >= 0.3 is 6.18 Å². The largest absolute Gasteiger partial charge is 0.459 e. The van der Waals surface area contributed by atoms with Crippen molar-refractivity contribution in [3.05, 3.63) is 83.3 Å². The van der Waals surface area contributed by atoms with Crippen LogP contribution in [0.4, 0.5) is 24.5 Å². The number of anilines is 2. The summed E-state index contributed by atoms with van der Waals surface area (Å²) in [5.41, 5.74) is 4.54. The first-order chi connectivity index (χ1) is 13.8. The number of carbonyl (C=O) groups excluding carboxylic acids is 2. The molecule has 0 fully saturated rings. The van der Waals surface area contributed by atoms with Crippen LogP contribution in [0.1, 0.15) is 32.0 Å². The topological polar surface area (TPSA) is 83.4 Å². The number of aryl methyl sites for hydroxylation is 1. The summed E-state index contributed by atoms with van der Waals surface area (Å²) in [6.45, 7) is 1.73. The molecule has 0 aliphatic rings. The molecule has 29 heavy (non-hydrogen) atoms. The van der Waals surface area contributed by atoms with E-state index in [0.717, 1.165) is 6.07 Å². The molecule has 0 saturated heterocycles. The van der Waals surface area contributed by atoms with Crippen LogP contribution in [0.2, 0.25) is 0 Å². The van der Waals surface area contributed by atoms with Gasteiger partial charge in [0.2, 0.25) is 0 Å². The monoisotopic (exact) mass is 403 g/mol. The number of rotatable bonds is 5. The van der Waals surface area contributed by atoms with Crippen LogP contribution >= 0.6 is 0 Å². The predicted molar refractivity (Wildman–Crippen MR) is 100 cm³/mol. The van der Waals surface area contributed by atoms with E-state index in [1.807, 2.05) is 0 Å². The summed E-state index contributed by atoms with van der Waals surface area (Å²) < 4.78 is 44.1.